The number of hydrogen-bond acceptors (Lipinski definition) is 3. The Morgan fingerprint density at radius 2 is 1.91 bits per heavy atom. The molecule has 0 fully saturated rings. The summed E-state index contributed by atoms with van der Waals surface area (Å²) in [4.78, 5) is 11.8. The van der Waals surface area contributed by atoms with Gasteiger partial charge in [0.1, 0.15) is 5.75 Å². The van der Waals surface area contributed by atoms with Crippen molar-refractivity contribution in [1.82, 2.24) is 10.6 Å². The minimum Gasteiger partial charge on any atom is -0.484 e. The van der Waals surface area contributed by atoms with E-state index < -0.39 is 0 Å². The van der Waals surface area contributed by atoms with Gasteiger partial charge in [0.25, 0.3) is 5.91 Å². The van der Waals surface area contributed by atoms with Crippen molar-refractivity contribution in [3.63, 3.8) is 0 Å². The monoisotopic (exact) mass is 400 g/mol. The minimum atomic E-state index is -0.111. The average Bonchev–Trinajstić information content (AvgIpc) is 2.51. The van der Waals surface area contributed by atoms with Gasteiger partial charge in [0, 0.05) is 17.1 Å². The molecule has 0 aliphatic carbocycles. The Hall–Kier alpha value is -1.30. The fraction of sp³-hybridized carbons (Fsp3) is 0.353. The molecule has 2 aromatic carbocycles. The molecule has 0 aliphatic rings. The third-order valence-corrected chi connectivity index (χ3v) is 3.79. The van der Waals surface area contributed by atoms with Gasteiger partial charge in [-0.25, -0.2) is 0 Å². The van der Waals surface area contributed by atoms with Gasteiger partial charge >= 0.3 is 0 Å². The molecule has 0 bridgehead atoms. The molecule has 0 saturated carbocycles. The summed E-state index contributed by atoms with van der Waals surface area (Å²) >= 11 is 3.45. The zero-order valence-electron chi connectivity index (χ0n) is 13.3. The normalized spacial score (nSPS) is 11.6. The van der Waals surface area contributed by atoms with Crippen LogP contribution in [0.25, 0.3) is 10.8 Å². The van der Waals surface area contributed by atoms with Crippen molar-refractivity contribution < 1.29 is 9.53 Å². The number of fused-ring (bicyclic) bond motifs is 1. The summed E-state index contributed by atoms with van der Waals surface area (Å²) in [6.07, 6.45) is 0. The Bertz CT molecular complexity index is 652. The van der Waals surface area contributed by atoms with Crippen LogP contribution in [0.15, 0.2) is 40.9 Å². The van der Waals surface area contributed by atoms with Gasteiger partial charge < -0.3 is 15.4 Å². The molecular weight excluding hydrogens is 380 g/mol. The van der Waals surface area contributed by atoms with E-state index in [0.29, 0.717) is 12.3 Å². The number of benzene rings is 2. The average molecular weight is 402 g/mol. The molecule has 126 valence electrons. The second kappa shape index (κ2) is 9.75. The standard InChI is InChI=1S/C17H21BrN2O2.ClH/c1-3-19-12(2)10-20-17(21)11-22-16-7-5-13-8-15(18)6-4-14(13)9-16;/h4-9,12,19H,3,10-11H2,1-2H3,(H,20,21);1H/t12-;/m1./s1. The van der Waals surface area contributed by atoms with Crippen molar-refractivity contribution in [1.29, 1.82) is 0 Å². The van der Waals surface area contributed by atoms with Crippen LogP contribution in [-0.2, 0) is 4.79 Å². The number of hydrogen-bond donors (Lipinski definition) is 2. The fourth-order valence-corrected chi connectivity index (χ4v) is 2.55. The zero-order chi connectivity index (χ0) is 15.9. The van der Waals surface area contributed by atoms with Crippen LogP contribution in [0.5, 0.6) is 5.75 Å². The Morgan fingerprint density at radius 3 is 2.65 bits per heavy atom. The van der Waals surface area contributed by atoms with Crippen molar-refractivity contribution in [3.05, 3.63) is 40.9 Å². The van der Waals surface area contributed by atoms with Crippen LogP contribution >= 0.6 is 28.3 Å². The zero-order valence-corrected chi connectivity index (χ0v) is 15.7. The molecule has 6 heteroatoms. The summed E-state index contributed by atoms with van der Waals surface area (Å²) in [6.45, 7) is 5.59. The summed E-state index contributed by atoms with van der Waals surface area (Å²) < 4.78 is 6.60. The molecular formula is C17H22BrClN2O2. The molecule has 2 aromatic rings. The smallest absolute Gasteiger partial charge is 0.257 e. The molecule has 1 amide bonds. The van der Waals surface area contributed by atoms with Crippen LogP contribution in [0.2, 0.25) is 0 Å². The second-order valence-electron chi connectivity index (χ2n) is 5.20. The van der Waals surface area contributed by atoms with E-state index in [2.05, 4.69) is 26.6 Å². The Balaban J connectivity index is 0.00000264. The maximum absolute atomic E-state index is 11.8. The van der Waals surface area contributed by atoms with E-state index >= 15 is 0 Å². The highest BCUT2D eigenvalue weighted by atomic mass is 79.9. The molecule has 2 rings (SSSR count). The van der Waals surface area contributed by atoms with E-state index in [1.54, 1.807) is 0 Å². The number of carbonyl (C=O) groups excluding carboxylic acids is 1. The number of nitrogens with one attached hydrogen (secondary N) is 2. The maximum atomic E-state index is 11.8. The summed E-state index contributed by atoms with van der Waals surface area (Å²) in [5, 5.41) is 8.30. The highest BCUT2D eigenvalue weighted by molar-refractivity contribution is 9.10. The molecule has 0 radical (unpaired) electrons. The van der Waals surface area contributed by atoms with E-state index in [9.17, 15) is 4.79 Å². The first-order valence-corrected chi connectivity index (χ1v) is 8.20. The van der Waals surface area contributed by atoms with Crippen molar-refractivity contribution in [2.24, 2.45) is 0 Å². The second-order valence-corrected chi connectivity index (χ2v) is 6.12. The minimum absolute atomic E-state index is 0. The molecule has 0 unspecified atom stereocenters. The van der Waals surface area contributed by atoms with Crippen LogP contribution in [0.1, 0.15) is 13.8 Å². The van der Waals surface area contributed by atoms with Gasteiger partial charge in [-0.3, -0.25) is 4.79 Å². The first-order chi connectivity index (χ1) is 10.6. The molecule has 1 atom stereocenters. The Labute approximate surface area is 151 Å². The third kappa shape index (κ3) is 6.37. The van der Waals surface area contributed by atoms with Crippen LogP contribution < -0.4 is 15.4 Å². The quantitative estimate of drug-likeness (QED) is 0.746. The molecule has 2 N–H and O–H groups in total. The van der Waals surface area contributed by atoms with E-state index in [1.165, 1.54) is 0 Å². The summed E-state index contributed by atoms with van der Waals surface area (Å²) in [5.74, 6) is 0.588. The van der Waals surface area contributed by atoms with Crippen LogP contribution in [0, 0.1) is 0 Å². The Kier molecular flexibility index (Phi) is 8.37. The van der Waals surface area contributed by atoms with Crippen molar-refractivity contribution >= 4 is 45.0 Å². The predicted octanol–water partition coefficient (Wildman–Crippen LogP) is 3.52. The molecule has 0 aromatic heterocycles. The van der Waals surface area contributed by atoms with Crippen LogP contribution in [0.3, 0.4) is 0 Å². The third-order valence-electron chi connectivity index (χ3n) is 3.30. The number of ether oxygens (including phenoxy) is 1. The van der Waals surface area contributed by atoms with E-state index in [4.69, 9.17) is 4.74 Å². The van der Waals surface area contributed by atoms with Gasteiger partial charge in [-0.1, -0.05) is 35.0 Å². The van der Waals surface area contributed by atoms with E-state index in [1.807, 2.05) is 50.2 Å². The highest BCUT2D eigenvalue weighted by Crippen LogP contribution is 2.24. The molecule has 23 heavy (non-hydrogen) atoms. The molecule has 0 heterocycles. The summed E-state index contributed by atoms with van der Waals surface area (Å²) in [5.41, 5.74) is 0. The number of rotatable bonds is 7. The maximum Gasteiger partial charge on any atom is 0.257 e. The number of amides is 1. The number of carbonyl (C=O) groups is 1. The van der Waals surface area contributed by atoms with E-state index in [-0.39, 0.29) is 31.0 Å². The van der Waals surface area contributed by atoms with Crippen molar-refractivity contribution in [2.75, 3.05) is 19.7 Å². The Morgan fingerprint density at radius 1 is 1.22 bits per heavy atom. The van der Waals surface area contributed by atoms with Crippen molar-refractivity contribution in [2.45, 2.75) is 19.9 Å². The van der Waals surface area contributed by atoms with Gasteiger partial charge in [-0.05, 0) is 48.5 Å². The SMILES string of the molecule is CCN[C@H](C)CNC(=O)COc1ccc2cc(Br)ccc2c1.Cl. The lowest BCUT2D eigenvalue weighted by Crippen LogP contribution is -2.40. The van der Waals surface area contributed by atoms with Crippen LogP contribution in [0.4, 0.5) is 0 Å². The predicted molar refractivity (Wildman–Crippen MR) is 101 cm³/mol. The fourth-order valence-electron chi connectivity index (χ4n) is 2.17. The largest absolute Gasteiger partial charge is 0.484 e. The number of likely N-dealkylation sites (N-methyl/N-ethyl adjacent to an activating group) is 1. The molecule has 0 saturated heterocycles. The number of halogens is 2. The van der Waals surface area contributed by atoms with Gasteiger partial charge in [0.2, 0.25) is 0 Å². The van der Waals surface area contributed by atoms with E-state index in [0.717, 1.165) is 21.8 Å². The van der Waals surface area contributed by atoms with Crippen molar-refractivity contribution in [3.8, 4) is 5.75 Å². The topological polar surface area (TPSA) is 50.4 Å². The first-order valence-electron chi connectivity index (χ1n) is 7.40. The van der Waals surface area contributed by atoms with Gasteiger partial charge in [0.05, 0.1) is 0 Å². The lowest BCUT2D eigenvalue weighted by molar-refractivity contribution is -0.123. The van der Waals surface area contributed by atoms with Gasteiger partial charge in [0.15, 0.2) is 6.61 Å². The highest BCUT2D eigenvalue weighted by Gasteiger charge is 2.06. The van der Waals surface area contributed by atoms with Gasteiger partial charge in [-0.2, -0.15) is 0 Å². The summed E-state index contributed by atoms with van der Waals surface area (Å²) in [7, 11) is 0. The van der Waals surface area contributed by atoms with Gasteiger partial charge in [-0.15, -0.1) is 12.4 Å². The molecule has 0 spiro atoms. The lowest BCUT2D eigenvalue weighted by Gasteiger charge is -2.13. The molecule has 0 aliphatic heterocycles. The van der Waals surface area contributed by atoms with Crippen LogP contribution in [-0.4, -0.2) is 31.6 Å². The first kappa shape index (κ1) is 19.7. The summed E-state index contributed by atoms with van der Waals surface area (Å²) in [6, 6.07) is 12.1. The lowest BCUT2D eigenvalue weighted by atomic mass is 10.1. The molecule has 4 nitrogen and oxygen atoms in total.